The second-order valence-electron chi connectivity index (χ2n) is 9.79. The molecule has 0 saturated carbocycles. The van der Waals surface area contributed by atoms with E-state index < -0.39 is 30.8 Å². The lowest BCUT2D eigenvalue weighted by Gasteiger charge is -2.28. The summed E-state index contributed by atoms with van der Waals surface area (Å²) >= 11 is 0. The van der Waals surface area contributed by atoms with Crippen molar-refractivity contribution in [3.8, 4) is 11.5 Å². The zero-order chi connectivity index (χ0) is 29.0. The molecular weight excluding hydrogens is 540 g/mol. The topological polar surface area (TPSA) is 70.4 Å². The van der Waals surface area contributed by atoms with Crippen LogP contribution in [-0.2, 0) is 24.3 Å². The predicted octanol–water partition coefficient (Wildman–Crippen LogP) is 6.35. The summed E-state index contributed by atoms with van der Waals surface area (Å²) in [5, 5.41) is 0. The lowest BCUT2D eigenvalue weighted by atomic mass is 9.85. The smallest absolute Gasteiger partial charge is 0.427 e. The van der Waals surface area contributed by atoms with Crippen LogP contribution in [0.2, 0.25) is 0 Å². The van der Waals surface area contributed by atoms with Crippen LogP contribution < -0.4 is 15.0 Å². The van der Waals surface area contributed by atoms with Gasteiger partial charge < -0.3 is 9.47 Å². The molecule has 41 heavy (non-hydrogen) atoms. The number of esters is 1. The Morgan fingerprint density at radius 2 is 1.51 bits per heavy atom. The number of hydrogen-bond donors (Lipinski definition) is 0. The number of halogens is 4. The van der Waals surface area contributed by atoms with Crippen LogP contribution in [0.1, 0.15) is 47.1 Å². The van der Waals surface area contributed by atoms with Crippen molar-refractivity contribution in [2.45, 2.75) is 44.8 Å². The second kappa shape index (κ2) is 12.0. The predicted molar refractivity (Wildman–Crippen MR) is 142 cm³/mol. The van der Waals surface area contributed by atoms with E-state index in [1.165, 1.54) is 16.7 Å². The molecule has 212 valence electrons. The summed E-state index contributed by atoms with van der Waals surface area (Å²) in [6.45, 7) is -0.945. The minimum atomic E-state index is -4.82. The quantitative estimate of drug-likeness (QED) is 0.141. The third-order valence-electron chi connectivity index (χ3n) is 7.00. The minimum Gasteiger partial charge on any atom is -0.427 e. The monoisotopic (exact) mass is 566 g/mol. The third-order valence-corrected chi connectivity index (χ3v) is 7.00. The number of carbonyl (C=O) groups is 1. The molecule has 0 amide bonds. The summed E-state index contributed by atoms with van der Waals surface area (Å²) in [5.41, 5.74) is 2.32. The first-order valence-electron chi connectivity index (χ1n) is 13.1. The first-order valence-corrected chi connectivity index (χ1v) is 13.1. The number of ether oxygens (including phenoxy) is 2. The number of rotatable bonds is 8. The molecular formula is C31H26F4N2O4. The van der Waals surface area contributed by atoms with Crippen molar-refractivity contribution in [2.75, 3.05) is 0 Å². The molecule has 10 heteroatoms. The Kier molecular flexibility index (Phi) is 8.19. The standard InChI is InChI=1S/C31H26F4N2O4/c32-19-27-36-26-17-20(18-28(38)40-23-12-14-24(15-13-23)41-31(33,34)35)11-16-25(26)30(39)37(27)29(21-7-3-1-4-8-21)22-9-5-2-6-10-22/h1-10,12-15,20,29H,11,16-19H2. The van der Waals surface area contributed by atoms with E-state index in [9.17, 15) is 27.2 Å². The van der Waals surface area contributed by atoms with Gasteiger partial charge in [0.05, 0.1) is 11.7 Å². The van der Waals surface area contributed by atoms with E-state index in [0.717, 1.165) is 23.3 Å². The van der Waals surface area contributed by atoms with Crippen molar-refractivity contribution >= 4 is 5.97 Å². The number of nitrogens with zero attached hydrogens (tertiary/aromatic N) is 2. The van der Waals surface area contributed by atoms with Gasteiger partial charge in [-0.2, -0.15) is 0 Å². The first kappa shape index (κ1) is 28.1. The highest BCUT2D eigenvalue weighted by molar-refractivity contribution is 5.72. The molecule has 1 aromatic heterocycles. The molecule has 0 fully saturated rings. The van der Waals surface area contributed by atoms with Gasteiger partial charge in [-0.05, 0) is 60.6 Å². The average Bonchev–Trinajstić information content (AvgIpc) is 2.95. The van der Waals surface area contributed by atoms with Gasteiger partial charge in [0.15, 0.2) is 0 Å². The summed E-state index contributed by atoms with van der Waals surface area (Å²) in [7, 11) is 0. The van der Waals surface area contributed by atoms with E-state index in [4.69, 9.17) is 4.74 Å². The summed E-state index contributed by atoms with van der Waals surface area (Å²) in [4.78, 5) is 31.0. The van der Waals surface area contributed by atoms with Gasteiger partial charge in [0.25, 0.3) is 5.56 Å². The van der Waals surface area contributed by atoms with E-state index in [0.29, 0.717) is 30.5 Å². The number of benzene rings is 3. The zero-order valence-corrected chi connectivity index (χ0v) is 21.8. The molecule has 0 saturated heterocycles. The summed E-state index contributed by atoms with van der Waals surface area (Å²) in [6.07, 6.45) is -3.63. The van der Waals surface area contributed by atoms with E-state index in [1.54, 1.807) is 0 Å². The molecule has 1 aliphatic rings. The van der Waals surface area contributed by atoms with Gasteiger partial charge in [0.1, 0.15) is 24.0 Å². The van der Waals surface area contributed by atoms with Crippen molar-refractivity contribution in [3.05, 3.63) is 123 Å². The van der Waals surface area contributed by atoms with Crippen molar-refractivity contribution in [1.82, 2.24) is 9.55 Å². The lowest BCUT2D eigenvalue weighted by Crippen LogP contribution is -2.36. The highest BCUT2D eigenvalue weighted by Gasteiger charge is 2.32. The van der Waals surface area contributed by atoms with Crippen LogP contribution in [0.5, 0.6) is 11.5 Å². The van der Waals surface area contributed by atoms with E-state index in [-0.39, 0.29) is 29.5 Å². The summed E-state index contributed by atoms with van der Waals surface area (Å²) < 4.78 is 62.0. The van der Waals surface area contributed by atoms with E-state index in [2.05, 4.69) is 9.72 Å². The molecule has 0 N–H and O–H groups in total. The maximum atomic E-state index is 14.4. The van der Waals surface area contributed by atoms with Crippen LogP contribution in [0.25, 0.3) is 0 Å². The van der Waals surface area contributed by atoms with Crippen LogP contribution in [0, 0.1) is 5.92 Å². The number of carbonyl (C=O) groups excluding carboxylic acids is 1. The molecule has 1 aliphatic carbocycles. The second-order valence-corrected chi connectivity index (χ2v) is 9.79. The van der Waals surface area contributed by atoms with Gasteiger partial charge in [-0.3, -0.25) is 14.2 Å². The van der Waals surface area contributed by atoms with E-state index in [1.807, 2.05) is 60.7 Å². The van der Waals surface area contributed by atoms with Gasteiger partial charge in [-0.15, -0.1) is 13.2 Å². The normalized spacial score (nSPS) is 14.9. The Balaban J connectivity index is 1.35. The molecule has 1 heterocycles. The van der Waals surface area contributed by atoms with Gasteiger partial charge in [-0.25, -0.2) is 9.37 Å². The molecule has 5 rings (SSSR count). The fourth-order valence-corrected chi connectivity index (χ4v) is 5.22. The van der Waals surface area contributed by atoms with Crippen LogP contribution >= 0.6 is 0 Å². The number of aromatic nitrogens is 2. The molecule has 3 aromatic carbocycles. The molecule has 0 aliphatic heterocycles. The summed E-state index contributed by atoms with van der Waals surface area (Å²) in [5.74, 6) is -1.11. The number of fused-ring (bicyclic) bond motifs is 1. The zero-order valence-electron chi connectivity index (χ0n) is 21.8. The van der Waals surface area contributed by atoms with Crippen molar-refractivity contribution in [1.29, 1.82) is 0 Å². The van der Waals surface area contributed by atoms with Crippen LogP contribution in [0.15, 0.2) is 89.7 Å². The molecule has 1 atom stereocenters. The van der Waals surface area contributed by atoms with Crippen molar-refractivity contribution < 1.29 is 31.8 Å². The number of hydrogen-bond acceptors (Lipinski definition) is 5. The fraction of sp³-hybridized carbons (Fsp3) is 0.258. The van der Waals surface area contributed by atoms with Gasteiger partial charge >= 0.3 is 12.3 Å². The minimum absolute atomic E-state index is 0.00657. The maximum Gasteiger partial charge on any atom is 0.573 e. The molecule has 4 aromatic rings. The van der Waals surface area contributed by atoms with Gasteiger partial charge in [0, 0.05) is 12.0 Å². The molecule has 1 unspecified atom stereocenters. The lowest BCUT2D eigenvalue weighted by molar-refractivity contribution is -0.274. The van der Waals surface area contributed by atoms with Gasteiger partial charge in [0.2, 0.25) is 0 Å². The first-order chi connectivity index (χ1) is 19.7. The average molecular weight is 567 g/mol. The highest BCUT2D eigenvalue weighted by atomic mass is 19.4. The van der Waals surface area contributed by atoms with Gasteiger partial charge in [-0.1, -0.05) is 60.7 Å². The SMILES string of the molecule is O=C(CC1CCc2c(nc(CF)n(C(c3ccccc3)c3ccccc3)c2=O)C1)Oc1ccc(OC(F)(F)F)cc1. The van der Waals surface area contributed by atoms with E-state index >= 15 is 0 Å². The largest absolute Gasteiger partial charge is 0.573 e. The third kappa shape index (κ3) is 6.65. The fourth-order valence-electron chi connectivity index (χ4n) is 5.22. The number of alkyl halides is 4. The summed E-state index contributed by atoms with van der Waals surface area (Å²) in [6, 6.07) is 22.8. The maximum absolute atomic E-state index is 14.4. The molecule has 0 radical (unpaired) electrons. The highest BCUT2D eigenvalue weighted by Crippen LogP contribution is 2.31. The van der Waals surface area contributed by atoms with Crippen LogP contribution in [0.4, 0.5) is 17.6 Å². The van der Waals surface area contributed by atoms with Crippen LogP contribution in [0.3, 0.4) is 0 Å². The van der Waals surface area contributed by atoms with Crippen molar-refractivity contribution in [3.63, 3.8) is 0 Å². The molecule has 6 nitrogen and oxygen atoms in total. The molecule has 0 bridgehead atoms. The van der Waals surface area contributed by atoms with Crippen molar-refractivity contribution in [2.24, 2.45) is 5.92 Å². The Morgan fingerprint density at radius 3 is 2.07 bits per heavy atom. The Morgan fingerprint density at radius 1 is 0.927 bits per heavy atom. The molecule has 0 spiro atoms. The Hall–Kier alpha value is -4.47. The van der Waals surface area contributed by atoms with Crippen LogP contribution in [-0.4, -0.2) is 21.9 Å². The Labute approximate surface area is 233 Å². The Bertz CT molecular complexity index is 1520.